The van der Waals surface area contributed by atoms with Crippen molar-refractivity contribution >= 4 is 0 Å². The van der Waals surface area contributed by atoms with Gasteiger partial charge in [-0.2, -0.15) is 4.98 Å². The third-order valence-corrected chi connectivity index (χ3v) is 4.06. The SMILES string of the molecule is Cc1ccc(Cc2noc(C3CCC(CN)O3)n2)cc1C. The Hall–Kier alpha value is -1.72. The zero-order valence-corrected chi connectivity index (χ0v) is 12.5. The van der Waals surface area contributed by atoms with Gasteiger partial charge in [0.15, 0.2) is 5.82 Å². The minimum absolute atomic E-state index is 0.0976. The fourth-order valence-corrected chi connectivity index (χ4v) is 2.63. The molecule has 0 saturated carbocycles. The summed E-state index contributed by atoms with van der Waals surface area (Å²) in [4.78, 5) is 4.46. The van der Waals surface area contributed by atoms with E-state index in [0.717, 1.165) is 12.8 Å². The van der Waals surface area contributed by atoms with Crippen LogP contribution >= 0.6 is 0 Å². The molecule has 0 spiro atoms. The molecule has 1 aromatic heterocycles. The number of rotatable bonds is 4. The van der Waals surface area contributed by atoms with E-state index >= 15 is 0 Å². The molecule has 2 unspecified atom stereocenters. The van der Waals surface area contributed by atoms with E-state index < -0.39 is 0 Å². The van der Waals surface area contributed by atoms with E-state index in [4.69, 9.17) is 15.0 Å². The van der Waals surface area contributed by atoms with Crippen molar-refractivity contribution in [1.82, 2.24) is 10.1 Å². The summed E-state index contributed by atoms with van der Waals surface area (Å²) >= 11 is 0. The Balaban J connectivity index is 1.69. The fourth-order valence-electron chi connectivity index (χ4n) is 2.63. The summed E-state index contributed by atoms with van der Waals surface area (Å²) in [6, 6.07) is 6.40. The number of nitrogens with two attached hydrogens (primary N) is 1. The van der Waals surface area contributed by atoms with Gasteiger partial charge in [0.25, 0.3) is 5.89 Å². The zero-order chi connectivity index (χ0) is 14.8. The first-order chi connectivity index (χ1) is 10.2. The second kappa shape index (κ2) is 5.95. The number of nitrogens with zero attached hydrogens (tertiary/aromatic N) is 2. The highest BCUT2D eigenvalue weighted by Gasteiger charge is 2.29. The molecule has 0 bridgehead atoms. The number of benzene rings is 1. The molecule has 5 nitrogen and oxygen atoms in total. The van der Waals surface area contributed by atoms with Gasteiger partial charge in [0.1, 0.15) is 6.10 Å². The van der Waals surface area contributed by atoms with Crippen molar-refractivity contribution in [2.45, 2.75) is 45.3 Å². The van der Waals surface area contributed by atoms with Crippen molar-refractivity contribution in [3.63, 3.8) is 0 Å². The lowest BCUT2D eigenvalue weighted by Crippen LogP contribution is -2.18. The van der Waals surface area contributed by atoms with E-state index in [1.54, 1.807) is 0 Å². The van der Waals surface area contributed by atoms with Crippen LogP contribution in [0.3, 0.4) is 0 Å². The molecule has 21 heavy (non-hydrogen) atoms. The molecule has 2 aromatic rings. The van der Waals surface area contributed by atoms with E-state index in [0.29, 0.717) is 24.7 Å². The average Bonchev–Trinajstić information content (AvgIpc) is 3.11. The predicted molar refractivity (Wildman–Crippen MR) is 78.9 cm³/mol. The molecule has 1 aromatic carbocycles. The van der Waals surface area contributed by atoms with Crippen LogP contribution in [0.1, 0.15) is 47.4 Å². The highest BCUT2D eigenvalue weighted by Crippen LogP contribution is 2.31. The summed E-state index contributed by atoms with van der Waals surface area (Å²) < 4.78 is 11.1. The first kappa shape index (κ1) is 14.2. The van der Waals surface area contributed by atoms with Crippen molar-refractivity contribution in [2.75, 3.05) is 6.54 Å². The predicted octanol–water partition coefficient (Wildman–Crippen LogP) is 2.46. The number of hydrogen-bond donors (Lipinski definition) is 1. The third kappa shape index (κ3) is 3.14. The second-order valence-corrected chi connectivity index (χ2v) is 5.70. The van der Waals surface area contributed by atoms with Crippen molar-refractivity contribution in [1.29, 1.82) is 0 Å². The van der Waals surface area contributed by atoms with E-state index in [1.807, 2.05) is 0 Å². The van der Waals surface area contributed by atoms with Gasteiger partial charge in [-0.1, -0.05) is 23.4 Å². The normalized spacial score (nSPS) is 21.9. The molecule has 1 saturated heterocycles. The Kier molecular flexibility index (Phi) is 4.03. The van der Waals surface area contributed by atoms with Crippen LogP contribution < -0.4 is 5.73 Å². The lowest BCUT2D eigenvalue weighted by molar-refractivity contribution is 0.0307. The zero-order valence-electron chi connectivity index (χ0n) is 12.5. The Morgan fingerprint density at radius 2 is 2.10 bits per heavy atom. The van der Waals surface area contributed by atoms with Crippen LogP contribution in [0.2, 0.25) is 0 Å². The van der Waals surface area contributed by atoms with E-state index in [-0.39, 0.29) is 12.2 Å². The van der Waals surface area contributed by atoms with Crippen molar-refractivity contribution in [3.8, 4) is 0 Å². The van der Waals surface area contributed by atoms with Crippen LogP contribution in [0, 0.1) is 13.8 Å². The van der Waals surface area contributed by atoms with Gasteiger partial charge in [-0.25, -0.2) is 0 Å². The standard InChI is InChI=1S/C16H21N3O2/c1-10-3-4-12(7-11(10)2)8-15-18-16(21-19-15)14-6-5-13(9-17)20-14/h3-4,7,13-14H,5-6,8-9,17H2,1-2H3. The van der Waals surface area contributed by atoms with Crippen LogP contribution in [0.15, 0.2) is 22.7 Å². The fraction of sp³-hybridized carbons (Fsp3) is 0.500. The van der Waals surface area contributed by atoms with Gasteiger partial charge in [-0.05, 0) is 43.4 Å². The molecule has 5 heteroatoms. The summed E-state index contributed by atoms with van der Waals surface area (Å²) in [5.74, 6) is 1.28. The topological polar surface area (TPSA) is 74.2 Å². The molecule has 1 fully saturated rings. The Labute approximate surface area is 124 Å². The first-order valence-electron chi connectivity index (χ1n) is 7.40. The molecule has 0 aliphatic carbocycles. The monoisotopic (exact) mass is 287 g/mol. The average molecular weight is 287 g/mol. The first-order valence-corrected chi connectivity index (χ1v) is 7.40. The van der Waals surface area contributed by atoms with E-state index in [2.05, 4.69) is 42.2 Å². The molecule has 112 valence electrons. The van der Waals surface area contributed by atoms with Crippen LogP contribution in [-0.2, 0) is 11.2 Å². The molecule has 2 heterocycles. The van der Waals surface area contributed by atoms with Crippen LogP contribution in [-0.4, -0.2) is 22.8 Å². The Morgan fingerprint density at radius 1 is 1.24 bits per heavy atom. The number of aromatic nitrogens is 2. The summed E-state index contributed by atoms with van der Waals surface area (Å²) in [5.41, 5.74) is 9.38. The summed E-state index contributed by atoms with van der Waals surface area (Å²) in [6.45, 7) is 4.76. The van der Waals surface area contributed by atoms with Crippen molar-refractivity contribution in [3.05, 3.63) is 46.6 Å². The van der Waals surface area contributed by atoms with E-state index in [9.17, 15) is 0 Å². The van der Waals surface area contributed by atoms with Crippen molar-refractivity contribution in [2.24, 2.45) is 5.73 Å². The molecule has 0 radical (unpaired) electrons. The van der Waals surface area contributed by atoms with Crippen LogP contribution in [0.5, 0.6) is 0 Å². The molecule has 2 atom stereocenters. The summed E-state index contributed by atoms with van der Waals surface area (Å²) in [6.07, 6.45) is 2.55. The number of ether oxygens (including phenoxy) is 1. The Morgan fingerprint density at radius 3 is 2.81 bits per heavy atom. The highest BCUT2D eigenvalue weighted by atomic mass is 16.5. The minimum atomic E-state index is -0.0976. The molecule has 3 rings (SSSR count). The molecular weight excluding hydrogens is 266 g/mol. The van der Waals surface area contributed by atoms with Gasteiger partial charge in [0, 0.05) is 13.0 Å². The smallest absolute Gasteiger partial charge is 0.255 e. The van der Waals surface area contributed by atoms with Crippen molar-refractivity contribution < 1.29 is 9.26 Å². The third-order valence-electron chi connectivity index (χ3n) is 4.06. The van der Waals surface area contributed by atoms with Gasteiger partial charge in [-0.3, -0.25) is 0 Å². The van der Waals surface area contributed by atoms with Gasteiger partial charge in [0.05, 0.1) is 6.10 Å². The maximum absolute atomic E-state index is 5.77. The van der Waals surface area contributed by atoms with Gasteiger partial charge >= 0.3 is 0 Å². The summed E-state index contributed by atoms with van der Waals surface area (Å²) in [7, 11) is 0. The largest absolute Gasteiger partial charge is 0.364 e. The number of hydrogen-bond acceptors (Lipinski definition) is 5. The highest BCUT2D eigenvalue weighted by molar-refractivity contribution is 5.31. The molecule has 1 aliphatic heterocycles. The van der Waals surface area contributed by atoms with Gasteiger partial charge < -0.3 is 15.0 Å². The minimum Gasteiger partial charge on any atom is -0.364 e. The molecule has 0 amide bonds. The van der Waals surface area contributed by atoms with Gasteiger partial charge in [0.2, 0.25) is 0 Å². The van der Waals surface area contributed by atoms with E-state index in [1.165, 1.54) is 16.7 Å². The summed E-state index contributed by atoms with van der Waals surface area (Å²) in [5, 5.41) is 4.06. The van der Waals surface area contributed by atoms with Crippen LogP contribution in [0.25, 0.3) is 0 Å². The van der Waals surface area contributed by atoms with Gasteiger partial charge in [-0.15, -0.1) is 0 Å². The Bertz CT molecular complexity index is 624. The second-order valence-electron chi connectivity index (χ2n) is 5.70. The molecule has 1 aliphatic rings. The lowest BCUT2D eigenvalue weighted by Gasteiger charge is -2.07. The van der Waals surface area contributed by atoms with Crippen LogP contribution in [0.4, 0.5) is 0 Å². The molecular formula is C16H21N3O2. The maximum atomic E-state index is 5.77. The quantitative estimate of drug-likeness (QED) is 0.935. The number of aryl methyl sites for hydroxylation is 2. The maximum Gasteiger partial charge on any atom is 0.255 e. The molecule has 2 N–H and O–H groups in total. The lowest BCUT2D eigenvalue weighted by atomic mass is 10.0.